The number of aromatic nitrogens is 4. The molecule has 3 saturated heterocycles. The molecule has 12 nitrogen and oxygen atoms in total. The number of aromatic hydroxyl groups is 1. The highest BCUT2D eigenvalue weighted by molar-refractivity contribution is 5.94. The predicted molar refractivity (Wildman–Crippen MR) is 209 cm³/mol. The van der Waals surface area contributed by atoms with Crippen LogP contribution >= 0.6 is 0 Å². The topological polar surface area (TPSA) is 160 Å². The molecule has 0 radical (unpaired) electrons. The molecule has 0 spiro atoms. The fraction of sp³-hybridized carbons (Fsp3) is 0.333. The Balaban J connectivity index is 0.892. The van der Waals surface area contributed by atoms with Crippen LogP contribution in [0.4, 0.5) is 10.5 Å². The molecule has 54 heavy (non-hydrogen) atoms. The van der Waals surface area contributed by atoms with E-state index in [2.05, 4.69) is 38.5 Å². The molecule has 5 heterocycles. The monoisotopic (exact) mass is 727 g/mol. The number of phenols is 1. The van der Waals surface area contributed by atoms with Gasteiger partial charge in [0.25, 0.3) is 0 Å². The first-order valence-corrected chi connectivity index (χ1v) is 18.8. The second-order valence-corrected chi connectivity index (χ2v) is 14.6. The Morgan fingerprint density at radius 1 is 0.926 bits per heavy atom. The van der Waals surface area contributed by atoms with Gasteiger partial charge in [0.05, 0.1) is 29.9 Å². The zero-order valence-electron chi connectivity index (χ0n) is 30.1. The minimum atomic E-state index is -0.890. The summed E-state index contributed by atoms with van der Waals surface area (Å²) >= 11 is 0. The third kappa shape index (κ3) is 7.45. The maximum absolute atomic E-state index is 12.9. The lowest BCUT2D eigenvalue weighted by molar-refractivity contribution is 0.0837. The molecule has 1 unspecified atom stereocenters. The summed E-state index contributed by atoms with van der Waals surface area (Å²) in [5.74, 6) is 0.336. The number of fused-ring (bicyclic) bond motifs is 5. The standard InChI is InChI=1S/C42H45N7O5/c50-38-15-12-32(33-13-16-40(52)44-41(33)38)39(51)25-43-24-28-10-14-34-35(22-28)46-48(45-34)19-5-4-6-27-9-11-31(29-7-2-1-3-8-29)36(23-27)49(42(53)54)37-26-47-20-17-30(37)18-21-47/h1-3,7-16,22-23,30,37,39,43,50-51H,4-6,17-21,24-26H2,(H,44,52)(H,53,54)/t37?,39-/m0/s1. The van der Waals surface area contributed by atoms with Crippen molar-refractivity contribution in [1.82, 2.24) is 30.2 Å². The fourth-order valence-electron chi connectivity index (χ4n) is 8.25. The van der Waals surface area contributed by atoms with Crippen LogP contribution in [0.1, 0.15) is 48.5 Å². The number of unbranched alkanes of at least 4 members (excludes halogenated alkanes) is 1. The van der Waals surface area contributed by atoms with E-state index in [1.807, 2.05) is 48.5 Å². The molecule has 278 valence electrons. The van der Waals surface area contributed by atoms with Gasteiger partial charge in [-0.2, -0.15) is 15.0 Å². The molecular formula is C42H45N7O5. The number of aromatic amines is 1. The van der Waals surface area contributed by atoms with Crippen molar-refractivity contribution >= 4 is 33.7 Å². The zero-order chi connectivity index (χ0) is 37.2. The van der Waals surface area contributed by atoms with E-state index in [1.54, 1.807) is 21.8 Å². The number of aryl methyl sites for hydroxylation is 2. The lowest BCUT2D eigenvalue weighted by atomic mass is 9.82. The van der Waals surface area contributed by atoms with Crippen LogP contribution in [-0.4, -0.2) is 78.5 Å². The lowest BCUT2D eigenvalue weighted by Crippen LogP contribution is -2.59. The number of benzene rings is 4. The first-order chi connectivity index (χ1) is 26.3. The number of rotatable bonds is 13. The molecular weight excluding hydrogens is 683 g/mol. The van der Waals surface area contributed by atoms with E-state index in [4.69, 9.17) is 5.10 Å². The summed E-state index contributed by atoms with van der Waals surface area (Å²) in [6, 6.07) is 28.4. The minimum Gasteiger partial charge on any atom is -0.506 e. The van der Waals surface area contributed by atoms with Gasteiger partial charge in [-0.1, -0.05) is 54.6 Å². The quantitative estimate of drug-likeness (QED) is 0.0891. The highest BCUT2D eigenvalue weighted by Crippen LogP contribution is 2.39. The smallest absolute Gasteiger partial charge is 0.412 e. The number of pyridine rings is 1. The van der Waals surface area contributed by atoms with Crippen molar-refractivity contribution in [3.63, 3.8) is 0 Å². The molecule has 12 heteroatoms. The molecule has 6 aromatic rings. The van der Waals surface area contributed by atoms with Crippen LogP contribution in [0.15, 0.2) is 95.8 Å². The highest BCUT2D eigenvalue weighted by atomic mass is 16.4. The number of carboxylic acid groups (broad SMARTS) is 1. The summed E-state index contributed by atoms with van der Waals surface area (Å²) < 4.78 is 0. The van der Waals surface area contributed by atoms with E-state index in [-0.39, 0.29) is 23.9 Å². The van der Waals surface area contributed by atoms with Crippen molar-refractivity contribution in [2.24, 2.45) is 5.92 Å². The zero-order valence-corrected chi connectivity index (χ0v) is 30.1. The molecule has 9 rings (SSSR count). The summed E-state index contributed by atoms with van der Waals surface area (Å²) in [6.07, 6.45) is 2.93. The van der Waals surface area contributed by atoms with Gasteiger partial charge in [0, 0.05) is 36.7 Å². The molecule has 1 amide bonds. The molecule has 0 saturated carbocycles. The molecule has 0 aliphatic carbocycles. The molecule has 3 fully saturated rings. The van der Waals surface area contributed by atoms with Crippen LogP contribution in [0.2, 0.25) is 0 Å². The van der Waals surface area contributed by atoms with Crippen molar-refractivity contribution in [2.45, 2.75) is 57.3 Å². The number of amides is 1. The Morgan fingerprint density at radius 3 is 2.50 bits per heavy atom. The summed E-state index contributed by atoms with van der Waals surface area (Å²) in [7, 11) is 0. The van der Waals surface area contributed by atoms with Gasteiger partial charge in [-0.3, -0.25) is 9.69 Å². The average Bonchev–Trinajstić information content (AvgIpc) is 3.60. The number of hydrogen-bond acceptors (Lipinski definition) is 8. The fourth-order valence-corrected chi connectivity index (χ4v) is 8.25. The van der Waals surface area contributed by atoms with Crippen LogP contribution in [0, 0.1) is 5.92 Å². The van der Waals surface area contributed by atoms with Gasteiger partial charge >= 0.3 is 6.09 Å². The van der Waals surface area contributed by atoms with Crippen molar-refractivity contribution in [3.8, 4) is 16.9 Å². The predicted octanol–water partition coefficient (Wildman–Crippen LogP) is 6.07. The number of aliphatic hydroxyl groups is 1. The largest absolute Gasteiger partial charge is 0.506 e. The SMILES string of the molecule is O=C(O)N(c1cc(CCCCn2nc3ccc(CNC[C@H](O)c4ccc(O)c5[nH]c(=O)ccc45)cc3n2)ccc1-c1ccccc1)C1CN2CCC1CC2. The van der Waals surface area contributed by atoms with E-state index >= 15 is 0 Å². The van der Waals surface area contributed by atoms with Crippen LogP contribution < -0.4 is 15.8 Å². The average molecular weight is 728 g/mol. The van der Waals surface area contributed by atoms with Crippen LogP contribution in [0.3, 0.4) is 0 Å². The Bertz CT molecular complexity index is 2330. The van der Waals surface area contributed by atoms with Gasteiger partial charge in [-0.05, 0) is 104 Å². The molecule has 2 aromatic heterocycles. The number of nitrogens with one attached hydrogen (secondary N) is 2. The maximum atomic E-state index is 12.9. The Labute approximate surface area is 312 Å². The van der Waals surface area contributed by atoms with E-state index < -0.39 is 12.2 Å². The van der Waals surface area contributed by atoms with Crippen molar-refractivity contribution in [2.75, 3.05) is 31.1 Å². The van der Waals surface area contributed by atoms with Gasteiger partial charge < -0.3 is 30.5 Å². The number of anilines is 1. The summed E-state index contributed by atoms with van der Waals surface area (Å²) in [4.78, 5) is 33.1. The van der Waals surface area contributed by atoms with Gasteiger partial charge in [0.15, 0.2) is 0 Å². The van der Waals surface area contributed by atoms with Crippen LogP contribution in [-0.2, 0) is 19.5 Å². The first-order valence-electron chi connectivity index (χ1n) is 18.8. The second-order valence-electron chi connectivity index (χ2n) is 14.6. The Hall–Kier alpha value is -5.56. The van der Waals surface area contributed by atoms with Crippen molar-refractivity contribution in [3.05, 3.63) is 118 Å². The van der Waals surface area contributed by atoms with Crippen molar-refractivity contribution in [1.29, 1.82) is 0 Å². The lowest BCUT2D eigenvalue weighted by Gasteiger charge is -2.48. The highest BCUT2D eigenvalue weighted by Gasteiger charge is 2.40. The van der Waals surface area contributed by atoms with E-state index in [0.29, 0.717) is 35.5 Å². The Kier molecular flexibility index (Phi) is 10.1. The third-order valence-corrected chi connectivity index (χ3v) is 11.1. The van der Waals surface area contributed by atoms with Crippen LogP contribution in [0.25, 0.3) is 33.1 Å². The molecule has 2 atom stereocenters. The number of H-pyrrole nitrogens is 1. The second kappa shape index (κ2) is 15.4. The van der Waals surface area contributed by atoms with Gasteiger partial charge in [0.2, 0.25) is 5.56 Å². The van der Waals surface area contributed by atoms with Gasteiger partial charge in [-0.15, -0.1) is 0 Å². The number of carbonyl (C=O) groups is 1. The van der Waals surface area contributed by atoms with Crippen molar-refractivity contribution < 1.29 is 20.1 Å². The van der Waals surface area contributed by atoms with E-state index in [1.165, 1.54) is 12.1 Å². The van der Waals surface area contributed by atoms with E-state index in [9.17, 15) is 24.9 Å². The summed E-state index contributed by atoms with van der Waals surface area (Å²) in [5, 5.41) is 45.0. The number of aliphatic hydroxyl groups excluding tert-OH is 1. The number of nitrogens with zero attached hydrogens (tertiary/aromatic N) is 5. The molecule has 3 aliphatic rings. The maximum Gasteiger partial charge on any atom is 0.412 e. The summed E-state index contributed by atoms with van der Waals surface area (Å²) in [6.45, 7) is 4.33. The normalized spacial score (nSPS) is 18.6. The molecule has 5 N–H and O–H groups in total. The number of piperidine rings is 3. The minimum absolute atomic E-state index is 0.0422. The number of phenolic OH excluding ortho intramolecular Hbond substituents is 1. The third-order valence-electron chi connectivity index (χ3n) is 11.1. The van der Waals surface area contributed by atoms with Gasteiger partial charge in [-0.25, -0.2) is 4.79 Å². The molecule has 4 aromatic carbocycles. The van der Waals surface area contributed by atoms with Crippen LogP contribution in [0.5, 0.6) is 5.75 Å². The van der Waals surface area contributed by atoms with E-state index in [0.717, 1.165) is 90.7 Å². The molecule has 3 aliphatic heterocycles. The Morgan fingerprint density at radius 2 is 1.72 bits per heavy atom. The summed E-state index contributed by atoms with van der Waals surface area (Å²) in [5.41, 5.74) is 7.06. The van der Waals surface area contributed by atoms with Gasteiger partial charge in [0.1, 0.15) is 16.8 Å². The number of hydrogen-bond donors (Lipinski definition) is 5. The first kappa shape index (κ1) is 35.5. The molecule has 2 bridgehead atoms.